The van der Waals surface area contributed by atoms with Crippen LogP contribution in [0.1, 0.15) is 11.3 Å². The monoisotopic (exact) mass is 326 g/mol. The van der Waals surface area contributed by atoms with Gasteiger partial charge in [0.05, 0.1) is 11.3 Å². The van der Waals surface area contributed by atoms with Gasteiger partial charge in [-0.2, -0.15) is 18.2 Å². The van der Waals surface area contributed by atoms with Crippen LogP contribution in [0.2, 0.25) is 0 Å². The second-order valence-electron chi connectivity index (χ2n) is 4.43. The van der Waals surface area contributed by atoms with Crippen LogP contribution in [-0.2, 0) is 6.18 Å². The van der Waals surface area contributed by atoms with E-state index in [1.807, 2.05) is 0 Å². The van der Waals surface area contributed by atoms with Gasteiger partial charge >= 0.3 is 6.18 Å². The number of hydrogen-bond donors (Lipinski definition) is 1. The molecule has 0 saturated carbocycles. The molecule has 0 atom stereocenters. The fraction of sp³-hybridized carbons (Fsp3) is 0.154. The molecule has 0 aliphatic rings. The molecule has 0 amide bonds. The number of anilines is 1. The summed E-state index contributed by atoms with van der Waals surface area (Å²) in [6, 6.07) is 5.06. The average molecular weight is 326 g/mol. The van der Waals surface area contributed by atoms with Gasteiger partial charge in [-0.15, -0.1) is 0 Å². The number of halogens is 3. The molecule has 2 N–H and O–H groups in total. The molecule has 22 heavy (non-hydrogen) atoms. The molecule has 3 aromatic rings. The van der Waals surface area contributed by atoms with Gasteiger partial charge in [0.2, 0.25) is 5.82 Å². The van der Waals surface area contributed by atoms with E-state index in [1.165, 1.54) is 18.2 Å². The molecule has 0 fully saturated rings. The fourth-order valence-corrected chi connectivity index (χ4v) is 2.72. The Balaban J connectivity index is 2.07. The summed E-state index contributed by atoms with van der Waals surface area (Å²) in [7, 11) is 0. The van der Waals surface area contributed by atoms with Crippen LogP contribution in [0.15, 0.2) is 28.8 Å². The number of benzene rings is 1. The van der Waals surface area contributed by atoms with Crippen LogP contribution in [0, 0.1) is 6.92 Å². The van der Waals surface area contributed by atoms with E-state index < -0.39 is 11.7 Å². The van der Waals surface area contributed by atoms with Crippen LogP contribution < -0.4 is 5.73 Å². The topological polar surface area (TPSA) is 77.8 Å². The minimum Gasteiger partial charge on any atom is -0.375 e. The van der Waals surface area contributed by atoms with Crippen LogP contribution >= 0.6 is 11.3 Å². The highest BCUT2D eigenvalue weighted by Gasteiger charge is 2.34. The maximum Gasteiger partial charge on any atom is 0.417 e. The van der Waals surface area contributed by atoms with E-state index >= 15 is 0 Å². The SMILES string of the molecule is Cc1nc(N)sc1-c1nc(-c2ccccc2C(F)(F)F)no1. The lowest BCUT2D eigenvalue weighted by Crippen LogP contribution is -2.07. The summed E-state index contributed by atoms with van der Waals surface area (Å²) in [6.07, 6.45) is -4.50. The van der Waals surface area contributed by atoms with Gasteiger partial charge in [-0.25, -0.2) is 4.98 Å². The molecule has 0 spiro atoms. The lowest BCUT2D eigenvalue weighted by atomic mass is 10.1. The molecule has 2 aromatic heterocycles. The van der Waals surface area contributed by atoms with Crippen LogP contribution in [0.4, 0.5) is 18.3 Å². The number of nitrogens with zero attached hydrogens (tertiary/aromatic N) is 3. The second-order valence-corrected chi connectivity index (χ2v) is 5.46. The molecule has 9 heteroatoms. The molecule has 5 nitrogen and oxygen atoms in total. The molecule has 1 aromatic carbocycles. The first-order valence-electron chi connectivity index (χ1n) is 6.10. The van der Waals surface area contributed by atoms with Crippen molar-refractivity contribution in [3.8, 4) is 22.2 Å². The van der Waals surface area contributed by atoms with Gasteiger partial charge in [-0.1, -0.05) is 34.7 Å². The summed E-state index contributed by atoms with van der Waals surface area (Å²) in [5.41, 5.74) is 5.21. The van der Waals surface area contributed by atoms with Crippen molar-refractivity contribution in [2.24, 2.45) is 0 Å². The van der Waals surface area contributed by atoms with E-state index in [9.17, 15) is 13.2 Å². The molecule has 2 heterocycles. The average Bonchev–Trinajstić information content (AvgIpc) is 3.04. The number of thiazole rings is 1. The predicted molar refractivity (Wildman–Crippen MR) is 75.0 cm³/mol. The van der Waals surface area contributed by atoms with Gasteiger partial charge in [0, 0.05) is 5.56 Å². The van der Waals surface area contributed by atoms with E-state index in [-0.39, 0.29) is 17.3 Å². The molecule has 0 unspecified atom stereocenters. The third kappa shape index (κ3) is 2.54. The van der Waals surface area contributed by atoms with E-state index in [0.29, 0.717) is 15.7 Å². The van der Waals surface area contributed by atoms with Crippen molar-refractivity contribution < 1.29 is 17.7 Å². The van der Waals surface area contributed by atoms with Crippen LogP contribution in [-0.4, -0.2) is 15.1 Å². The quantitative estimate of drug-likeness (QED) is 0.775. The minimum atomic E-state index is -4.50. The number of alkyl halides is 3. The minimum absolute atomic E-state index is 0.0960. The van der Waals surface area contributed by atoms with Crippen molar-refractivity contribution in [2.75, 3.05) is 5.73 Å². The first kappa shape index (κ1) is 14.5. The van der Waals surface area contributed by atoms with Gasteiger partial charge in [0.25, 0.3) is 5.89 Å². The van der Waals surface area contributed by atoms with Crippen molar-refractivity contribution in [1.29, 1.82) is 0 Å². The first-order valence-corrected chi connectivity index (χ1v) is 6.91. The number of rotatable bonds is 2. The van der Waals surface area contributed by atoms with Crippen molar-refractivity contribution in [3.63, 3.8) is 0 Å². The first-order chi connectivity index (χ1) is 10.4. The maximum absolute atomic E-state index is 13.0. The van der Waals surface area contributed by atoms with E-state index in [0.717, 1.165) is 17.4 Å². The van der Waals surface area contributed by atoms with E-state index in [4.69, 9.17) is 10.3 Å². The number of aryl methyl sites for hydroxylation is 1. The summed E-state index contributed by atoms with van der Waals surface area (Å²) in [5, 5.41) is 3.96. The Kier molecular flexibility index (Phi) is 3.36. The van der Waals surface area contributed by atoms with Crippen LogP contribution in [0.3, 0.4) is 0 Å². The van der Waals surface area contributed by atoms with Gasteiger partial charge in [-0.3, -0.25) is 0 Å². The summed E-state index contributed by atoms with van der Waals surface area (Å²) >= 11 is 1.13. The molecule has 3 rings (SSSR count). The van der Waals surface area contributed by atoms with E-state index in [1.54, 1.807) is 6.92 Å². The van der Waals surface area contributed by atoms with E-state index in [2.05, 4.69) is 15.1 Å². The van der Waals surface area contributed by atoms with Crippen LogP contribution in [0.5, 0.6) is 0 Å². The lowest BCUT2D eigenvalue weighted by Gasteiger charge is -2.09. The van der Waals surface area contributed by atoms with Crippen LogP contribution in [0.25, 0.3) is 22.2 Å². The van der Waals surface area contributed by atoms with Crippen molar-refractivity contribution in [1.82, 2.24) is 15.1 Å². The number of aromatic nitrogens is 3. The Labute approximate surface area is 126 Å². The largest absolute Gasteiger partial charge is 0.417 e. The Morgan fingerprint density at radius 1 is 1.18 bits per heavy atom. The lowest BCUT2D eigenvalue weighted by molar-refractivity contribution is -0.137. The maximum atomic E-state index is 13.0. The predicted octanol–water partition coefficient (Wildman–Crippen LogP) is 3.77. The smallest absolute Gasteiger partial charge is 0.375 e. The number of nitrogen functional groups attached to an aromatic ring is 1. The highest BCUT2D eigenvalue weighted by atomic mass is 32.1. The molecule has 0 radical (unpaired) electrons. The Morgan fingerprint density at radius 3 is 2.55 bits per heavy atom. The summed E-state index contributed by atoms with van der Waals surface area (Å²) in [6.45, 7) is 1.70. The van der Waals surface area contributed by atoms with Crippen molar-refractivity contribution >= 4 is 16.5 Å². The summed E-state index contributed by atoms with van der Waals surface area (Å²) < 4.78 is 44.1. The molecular weight excluding hydrogens is 317 g/mol. The summed E-state index contributed by atoms with van der Waals surface area (Å²) in [5.74, 6) is -0.0343. The second kappa shape index (κ2) is 5.09. The fourth-order valence-electron chi connectivity index (χ4n) is 1.97. The summed E-state index contributed by atoms with van der Waals surface area (Å²) in [4.78, 5) is 8.59. The molecule has 0 saturated heterocycles. The normalized spacial score (nSPS) is 11.8. The van der Waals surface area contributed by atoms with Gasteiger partial charge in [0.15, 0.2) is 5.13 Å². The third-order valence-corrected chi connectivity index (χ3v) is 3.88. The molecule has 114 valence electrons. The van der Waals surface area contributed by atoms with Crippen molar-refractivity contribution in [3.05, 3.63) is 35.5 Å². The van der Waals surface area contributed by atoms with Gasteiger partial charge in [-0.05, 0) is 13.0 Å². The third-order valence-electron chi connectivity index (χ3n) is 2.91. The number of hydrogen-bond acceptors (Lipinski definition) is 6. The highest BCUT2D eigenvalue weighted by molar-refractivity contribution is 7.18. The number of nitrogens with two attached hydrogens (primary N) is 1. The molecule has 0 bridgehead atoms. The standard InChI is InChI=1S/C13H9F3N4OS/c1-6-9(22-12(17)18-6)11-19-10(20-21-11)7-4-2-3-5-8(7)13(14,15)16/h2-5H,1H3,(H2,17,18). The molecule has 0 aliphatic carbocycles. The Morgan fingerprint density at radius 2 is 1.91 bits per heavy atom. The molecule has 0 aliphatic heterocycles. The zero-order chi connectivity index (χ0) is 15.9. The highest BCUT2D eigenvalue weighted by Crippen LogP contribution is 2.37. The van der Waals surface area contributed by atoms with Gasteiger partial charge in [0.1, 0.15) is 4.88 Å². The van der Waals surface area contributed by atoms with Crippen molar-refractivity contribution in [2.45, 2.75) is 13.1 Å². The zero-order valence-electron chi connectivity index (χ0n) is 11.2. The Hall–Kier alpha value is -2.42. The molecular formula is C13H9F3N4OS. The zero-order valence-corrected chi connectivity index (χ0v) is 12.0. The Bertz CT molecular complexity index is 825. The van der Waals surface area contributed by atoms with Gasteiger partial charge < -0.3 is 10.3 Å².